The van der Waals surface area contributed by atoms with E-state index >= 15 is 0 Å². The summed E-state index contributed by atoms with van der Waals surface area (Å²) in [6.45, 7) is 8.10. The number of pyridine rings is 1. The van der Waals surface area contributed by atoms with E-state index in [0.717, 1.165) is 49.7 Å². The number of fused-ring (bicyclic) bond motifs is 1. The highest BCUT2D eigenvalue weighted by Gasteiger charge is 2.17. The molecule has 1 aromatic carbocycles. The van der Waals surface area contributed by atoms with E-state index in [2.05, 4.69) is 14.8 Å². The van der Waals surface area contributed by atoms with Gasteiger partial charge in [-0.3, -0.25) is 19.0 Å². The van der Waals surface area contributed by atoms with Crippen LogP contribution in [0.4, 0.5) is 0 Å². The van der Waals surface area contributed by atoms with Crippen molar-refractivity contribution >= 4 is 17.2 Å². The molecule has 0 saturated carbocycles. The highest BCUT2D eigenvalue weighted by atomic mass is 35.5. The minimum atomic E-state index is -0.0216. The molecule has 0 radical (unpaired) electrons. The molecule has 3 heterocycles. The number of benzene rings is 1. The lowest BCUT2D eigenvalue weighted by Gasteiger charge is -2.34. The summed E-state index contributed by atoms with van der Waals surface area (Å²) in [6, 6.07) is 13.0. The highest BCUT2D eigenvalue weighted by Crippen LogP contribution is 2.15. The number of nitrogens with zero attached hydrogens (tertiary/aromatic N) is 4. The van der Waals surface area contributed by atoms with Crippen molar-refractivity contribution in [2.45, 2.75) is 13.5 Å². The molecule has 3 aromatic rings. The Morgan fingerprint density at radius 3 is 2.52 bits per heavy atom. The van der Waals surface area contributed by atoms with Crippen LogP contribution in [0, 0.1) is 6.92 Å². The molecule has 0 aliphatic carbocycles. The number of ether oxygens (including phenoxy) is 1. The Labute approximate surface area is 175 Å². The molecule has 1 saturated heterocycles. The molecule has 0 bridgehead atoms. The van der Waals surface area contributed by atoms with Gasteiger partial charge < -0.3 is 4.74 Å². The Morgan fingerprint density at radius 2 is 1.76 bits per heavy atom. The topological polar surface area (TPSA) is 50.1 Å². The lowest BCUT2D eigenvalue weighted by molar-refractivity contribution is 0.111. The molecule has 1 fully saturated rings. The van der Waals surface area contributed by atoms with Crippen LogP contribution in [0.2, 0.25) is 5.02 Å². The molecule has 1 aliphatic heterocycles. The molecule has 0 atom stereocenters. The average Bonchev–Trinajstić information content (AvgIpc) is 2.71. The zero-order chi connectivity index (χ0) is 20.2. The van der Waals surface area contributed by atoms with Gasteiger partial charge in [0.05, 0.1) is 5.69 Å². The van der Waals surface area contributed by atoms with Crippen LogP contribution < -0.4 is 10.3 Å². The van der Waals surface area contributed by atoms with Gasteiger partial charge in [0, 0.05) is 56.6 Å². The predicted molar refractivity (Wildman–Crippen MR) is 115 cm³/mol. The quantitative estimate of drug-likeness (QED) is 0.623. The minimum Gasteiger partial charge on any atom is -0.492 e. The van der Waals surface area contributed by atoms with Crippen molar-refractivity contribution < 1.29 is 4.74 Å². The van der Waals surface area contributed by atoms with Gasteiger partial charge in [-0.15, -0.1) is 0 Å². The minimum absolute atomic E-state index is 0.0216. The van der Waals surface area contributed by atoms with Gasteiger partial charge in [-0.2, -0.15) is 0 Å². The van der Waals surface area contributed by atoms with Gasteiger partial charge in [-0.25, -0.2) is 4.98 Å². The fourth-order valence-corrected chi connectivity index (χ4v) is 3.69. The summed E-state index contributed by atoms with van der Waals surface area (Å²) >= 11 is 5.89. The number of piperazine rings is 1. The summed E-state index contributed by atoms with van der Waals surface area (Å²) in [5, 5.41) is 0.715. The van der Waals surface area contributed by atoms with Crippen molar-refractivity contribution in [1.29, 1.82) is 0 Å². The first kappa shape index (κ1) is 19.9. The molecular weight excluding hydrogens is 388 g/mol. The molecule has 7 heteroatoms. The fourth-order valence-electron chi connectivity index (χ4n) is 3.56. The molecule has 29 heavy (non-hydrogen) atoms. The third-order valence-corrected chi connectivity index (χ3v) is 5.45. The van der Waals surface area contributed by atoms with Crippen LogP contribution in [-0.2, 0) is 6.54 Å². The first-order chi connectivity index (χ1) is 14.1. The van der Waals surface area contributed by atoms with Gasteiger partial charge in [0.1, 0.15) is 18.0 Å². The van der Waals surface area contributed by atoms with Crippen LogP contribution in [0.25, 0.3) is 5.65 Å². The van der Waals surface area contributed by atoms with Crippen LogP contribution >= 0.6 is 11.6 Å². The van der Waals surface area contributed by atoms with Crippen molar-refractivity contribution in [2.24, 2.45) is 0 Å². The normalized spacial score (nSPS) is 15.7. The van der Waals surface area contributed by atoms with Crippen LogP contribution in [0.15, 0.2) is 53.5 Å². The van der Waals surface area contributed by atoms with Gasteiger partial charge in [0.2, 0.25) is 0 Å². The SMILES string of the molecule is Cc1ccc2nc(CN3CCN(CCOc4ccc(Cl)cc4)CC3)cc(=O)n2c1. The zero-order valence-electron chi connectivity index (χ0n) is 16.6. The second kappa shape index (κ2) is 8.95. The number of rotatable bonds is 6. The van der Waals surface area contributed by atoms with Gasteiger partial charge in [0.25, 0.3) is 5.56 Å². The standard InChI is InChI=1S/C22H25ClN4O2/c1-17-2-7-21-24-19(14-22(28)27(21)15-17)16-26-10-8-25(9-11-26)12-13-29-20-5-3-18(23)4-6-20/h2-7,14-15H,8-13,16H2,1H3. The molecular formula is C22H25ClN4O2. The van der Waals surface area contributed by atoms with Crippen molar-refractivity contribution in [3.63, 3.8) is 0 Å². The largest absolute Gasteiger partial charge is 0.492 e. The fraction of sp³-hybridized carbons (Fsp3) is 0.364. The van der Waals surface area contributed by atoms with Gasteiger partial charge in [-0.05, 0) is 42.8 Å². The maximum Gasteiger partial charge on any atom is 0.258 e. The molecule has 0 unspecified atom stereocenters. The second-order valence-corrected chi connectivity index (χ2v) is 7.88. The Morgan fingerprint density at radius 1 is 1.03 bits per heavy atom. The summed E-state index contributed by atoms with van der Waals surface area (Å²) < 4.78 is 7.40. The van der Waals surface area contributed by atoms with Crippen molar-refractivity contribution in [3.8, 4) is 5.75 Å². The highest BCUT2D eigenvalue weighted by molar-refractivity contribution is 6.30. The van der Waals surface area contributed by atoms with E-state index in [1.807, 2.05) is 49.5 Å². The summed E-state index contributed by atoms with van der Waals surface area (Å²) in [5.41, 5.74) is 2.56. The Kier molecular flexibility index (Phi) is 6.13. The van der Waals surface area contributed by atoms with Gasteiger partial charge in [-0.1, -0.05) is 17.7 Å². The first-order valence-corrected chi connectivity index (χ1v) is 10.3. The summed E-state index contributed by atoms with van der Waals surface area (Å²) in [5.74, 6) is 0.844. The van der Waals surface area contributed by atoms with Crippen LogP contribution in [0.5, 0.6) is 5.75 Å². The van der Waals surface area contributed by atoms with Gasteiger partial charge >= 0.3 is 0 Å². The molecule has 0 N–H and O–H groups in total. The van der Waals surface area contributed by atoms with E-state index in [1.165, 1.54) is 0 Å². The molecule has 0 spiro atoms. The first-order valence-electron chi connectivity index (χ1n) is 9.89. The lowest BCUT2D eigenvalue weighted by Crippen LogP contribution is -2.47. The average molecular weight is 413 g/mol. The number of hydrogen-bond donors (Lipinski definition) is 0. The van der Waals surface area contributed by atoms with Gasteiger partial charge in [0.15, 0.2) is 0 Å². The van der Waals surface area contributed by atoms with Crippen molar-refractivity contribution in [3.05, 3.63) is 75.3 Å². The molecule has 1 aliphatic rings. The molecule has 0 amide bonds. The van der Waals surface area contributed by atoms with E-state index in [1.54, 1.807) is 10.5 Å². The Bertz CT molecular complexity index is 1030. The second-order valence-electron chi connectivity index (χ2n) is 7.44. The van der Waals surface area contributed by atoms with Crippen molar-refractivity contribution in [2.75, 3.05) is 39.3 Å². The Balaban J connectivity index is 1.26. The van der Waals surface area contributed by atoms with Crippen LogP contribution in [0.1, 0.15) is 11.3 Å². The number of hydrogen-bond acceptors (Lipinski definition) is 5. The molecule has 4 rings (SSSR count). The number of aryl methyl sites for hydroxylation is 1. The van der Waals surface area contributed by atoms with Crippen LogP contribution in [-0.4, -0.2) is 58.5 Å². The van der Waals surface area contributed by atoms with E-state index < -0.39 is 0 Å². The molecule has 2 aromatic heterocycles. The zero-order valence-corrected chi connectivity index (χ0v) is 17.3. The summed E-state index contributed by atoms with van der Waals surface area (Å²) in [6.07, 6.45) is 1.83. The monoisotopic (exact) mass is 412 g/mol. The third kappa shape index (κ3) is 5.15. The lowest BCUT2D eigenvalue weighted by atomic mass is 10.2. The smallest absolute Gasteiger partial charge is 0.258 e. The van der Waals surface area contributed by atoms with Crippen molar-refractivity contribution in [1.82, 2.24) is 19.2 Å². The number of aromatic nitrogens is 2. The van der Waals surface area contributed by atoms with E-state index in [-0.39, 0.29) is 5.56 Å². The van der Waals surface area contributed by atoms with E-state index in [9.17, 15) is 4.79 Å². The Hall–Kier alpha value is -2.41. The molecule has 152 valence electrons. The van der Waals surface area contributed by atoms with E-state index in [4.69, 9.17) is 16.3 Å². The molecule has 6 nitrogen and oxygen atoms in total. The number of halogens is 1. The predicted octanol–water partition coefficient (Wildman–Crippen LogP) is 2.85. The third-order valence-electron chi connectivity index (χ3n) is 5.20. The maximum atomic E-state index is 12.4. The summed E-state index contributed by atoms with van der Waals surface area (Å²) in [4.78, 5) is 21.8. The maximum absolute atomic E-state index is 12.4. The van der Waals surface area contributed by atoms with E-state index in [0.29, 0.717) is 23.8 Å². The van der Waals surface area contributed by atoms with Crippen LogP contribution in [0.3, 0.4) is 0 Å². The summed E-state index contributed by atoms with van der Waals surface area (Å²) in [7, 11) is 0.